The molecule has 1 aromatic heterocycles. The Morgan fingerprint density at radius 3 is 2.36 bits per heavy atom. The first-order valence-electron chi connectivity index (χ1n) is 8.99. The second kappa shape index (κ2) is 7.14. The minimum absolute atomic E-state index is 0.00821. The maximum atomic E-state index is 14.3. The van der Waals surface area contributed by atoms with Crippen LogP contribution >= 0.6 is 0 Å². The number of aromatic nitrogens is 1. The van der Waals surface area contributed by atoms with Crippen LogP contribution in [0.5, 0.6) is 0 Å². The molecule has 4 nitrogen and oxygen atoms in total. The van der Waals surface area contributed by atoms with Gasteiger partial charge in [-0.1, -0.05) is 6.07 Å². The van der Waals surface area contributed by atoms with Gasteiger partial charge in [-0.25, -0.2) is 13.2 Å². The van der Waals surface area contributed by atoms with Crippen molar-refractivity contribution in [1.29, 1.82) is 0 Å². The number of hydrogen-bond donors (Lipinski definition) is 0. The minimum atomic E-state index is -0.575. The second-order valence-corrected chi connectivity index (χ2v) is 6.83. The van der Waals surface area contributed by atoms with Crippen molar-refractivity contribution >= 4 is 22.5 Å². The fourth-order valence-corrected chi connectivity index (χ4v) is 3.50. The van der Waals surface area contributed by atoms with Crippen LogP contribution < -0.4 is 4.90 Å². The van der Waals surface area contributed by atoms with Gasteiger partial charge in [-0.05, 0) is 42.8 Å². The first kappa shape index (κ1) is 18.3. The van der Waals surface area contributed by atoms with Crippen molar-refractivity contribution in [2.45, 2.75) is 6.92 Å². The molecule has 0 saturated carbocycles. The summed E-state index contributed by atoms with van der Waals surface area (Å²) in [7, 11) is 0. The number of benzene rings is 2. The Bertz CT molecular complexity index is 1060. The van der Waals surface area contributed by atoms with Gasteiger partial charge in [-0.2, -0.15) is 0 Å². The molecule has 0 aliphatic carbocycles. The Balaban J connectivity index is 1.55. The molecule has 0 radical (unpaired) electrons. The Hall–Kier alpha value is -3.09. The number of piperazine rings is 1. The fraction of sp³-hybridized carbons (Fsp3) is 0.238. The van der Waals surface area contributed by atoms with Gasteiger partial charge in [-0.3, -0.25) is 9.78 Å². The molecule has 7 heteroatoms. The van der Waals surface area contributed by atoms with Crippen LogP contribution in [0.1, 0.15) is 15.9 Å². The fourth-order valence-electron chi connectivity index (χ4n) is 3.50. The lowest BCUT2D eigenvalue weighted by atomic mass is 10.1. The van der Waals surface area contributed by atoms with E-state index in [2.05, 4.69) is 4.98 Å². The summed E-state index contributed by atoms with van der Waals surface area (Å²) < 4.78 is 42.1. The highest BCUT2D eigenvalue weighted by atomic mass is 19.1. The number of anilines is 1. The number of pyridine rings is 1. The van der Waals surface area contributed by atoms with Crippen LogP contribution in [-0.2, 0) is 0 Å². The van der Waals surface area contributed by atoms with Gasteiger partial charge < -0.3 is 9.80 Å². The lowest BCUT2D eigenvalue weighted by molar-refractivity contribution is 0.0746. The maximum absolute atomic E-state index is 14.3. The summed E-state index contributed by atoms with van der Waals surface area (Å²) in [5.41, 5.74) is 1.33. The van der Waals surface area contributed by atoms with Crippen LogP contribution in [0, 0.1) is 24.4 Å². The molecule has 0 bridgehead atoms. The highest BCUT2D eigenvalue weighted by molar-refractivity contribution is 5.95. The van der Waals surface area contributed by atoms with Crippen LogP contribution in [0.3, 0.4) is 0 Å². The van der Waals surface area contributed by atoms with Crippen molar-refractivity contribution < 1.29 is 18.0 Å². The zero-order chi connectivity index (χ0) is 19.8. The quantitative estimate of drug-likeness (QED) is 0.671. The van der Waals surface area contributed by atoms with Crippen molar-refractivity contribution in [3.8, 4) is 0 Å². The van der Waals surface area contributed by atoms with Crippen LogP contribution in [-0.4, -0.2) is 42.0 Å². The summed E-state index contributed by atoms with van der Waals surface area (Å²) >= 11 is 0. The number of fused-ring (bicyclic) bond motifs is 1. The molecule has 144 valence electrons. The van der Waals surface area contributed by atoms with E-state index in [9.17, 15) is 18.0 Å². The SMILES string of the molecule is Cc1ccc(C(=O)N2CCN(c3ccnc4c(F)ccc(F)c34)CC2)cc1F. The van der Waals surface area contributed by atoms with Gasteiger partial charge in [0, 0.05) is 37.9 Å². The highest BCUT2D eigenvalue weighted by Crippen LogP contribution is 2.30. The largest absolute Gasteiger partial charge is 0.367 e. The molecule has 0 unspecified atom stereocenters. The van der Waals surface area contributed by atoms with Gasteiger partial charge in [-0.15, -0.1) is 0 Å². The van der Waals surface area contributed by atoms with E-state index in [-0.39, 0.29) is 16.8 Å². The minimum Gasteiger partial charge on any atom is -0.367 e. The van der Waals surface area contributed by atoms with Crippen molar-refractivity contribution in [3.63, 3.8) is 0 Å². The standard InChI is InChI=1S/C21H18F3N3O/c1-13-2-3-14(12-17(13)24)21(28)27-10-8-26(9-11-27)18-6-7-25-20-16(23)5-4-15(22)19(18)20/h2-7,12H,8-11H2,1H3. The summed E-state index contributed by atoms with van der Waals surface area (Å²) in [6.45, 7) is 3.35. The Kier molecular flexibility index (Phi) is 4.66. The molecule has 0 atom stereocenters. The zero-order valence-corrected chi connectivity index (χ0v) is 15.3. The molecule has 0 spiro atoms. The summed E-state index contributed by atoms with van der Waals surface area (Å²) in [5, 5.41) is 0.142. The van der Waals surface area contributed by atoms with Crippen LogP contribution in [0.15, 0.2) is 42.6 Å². The van der Waals surface area contributed by atoms with E-state index in [1.165, 1.54) is 12.3 Å². The first-order chi connectivity index (χ1) is 13.5. The summed E-state index contributed by atoms with van der Waals surface area (Å²) in [6.07, 6.45) is 1.45. The van der Waals surface area contributed by atoms with Gasteiger partial charge in [0.1, 0.15) is 23.0 Å². The number of halogens is 3. The zero-order valence-electron chi connectivity index (χ0n) is 15.3. The van der Waals surface area contributed by atoms with E-state index in [0.29, 0.717) is 43.0 Å². The number of rotatable bonds is 2. The van der Waals surface area contributed by atoms with Crippen molar-refractivity contribution in [1.82, 2.24) is 9.88 Å². The van der Waals surface area contributed by atoms with E-state index in [0.717, 1.165) is 12.1 Å². The first-order valence-corrected chi connectivity index (χ1v) is 8.99. The van der Waals surface area contributed by atoms with Crippen LogP contribution in [0.2, 0.25) is 0 Å². The Morgan fingerprint density at radius 1 is 0.929 bits per heavy atom. The predicted molar refractivity (Wildman–Crippen MR) is 101 cm³/mol. The second-order valence-electron chi connectivity index (χ2n) is 6.83. The highest BCUT2D eigenvalue weighted by Gasteiger charge is 2.25. The molecular weight excluding hydrogens is 367 g/mol. The van der Waals surface area contributed by atoms with Crippen molar-refractivity contribution in [3.05, 3.63) is 71.2 Å². The molecule has 28 heavy (non-hydrogen) atoms. The molecule has 2 aromatic carbocycles. The molecule has 1 aliphatic heterocycles. The molecular formula is C21H18F3N3O. The van der Waals surface area contributed by atoms with E-state index >= 15 is 0 Å². The van der Waals surface area contributed by atoms with Crippen LogP contribution in [0.25, 0.3) is 10.9 Å². The van der Waals surface area contributed by atoms with Gasteiger partial charge in [0.15, 0.2) is 0 Å². The molecule has 1 saturated heterocycles. The number of nitrogens with zero attached hydrogens (tertiary/aromatic N) is 3. The Labute approximate surface area is 160 Å². The lowest BCUT2D eigenvalue weighted by Crippen LogP contribution is -2.49. The monoisotopic (exact) mass is 385 g/mol. The summed E-state index contributed by atoms with van der Waals surface area (Å²) in [4.78, 5) is 20.1. The molecule has 1 amide bonds. The molecule has 1 fully saturated rings. The summed E-state index contributed by atoms with van der Waals surface area (Å²) in [6, 6.07) is 8.25. The van der Waals surface area contributed by atoms with Gasteiger partial charge in [0.05, 0.1) is 11.1 Å². The average Bonchev–Trinajstić information content (AvgIpc) is 2.72. The topological polar surface area (TPSA) is 36.4 Å². The molecule has 3 aromatic rings. The van der Waals surface area contributed by atoms with E-state index in [1.54, 1.807) is 30.0 Å². The number of aryl methyl sites for hydroxylation is 1. The van der Waals surface area contributed by atoms with Gasteiger partial charge >= 0.3 is 0 Å². The van der Waals surface area contributed by atoms with Crippen molar-refractivity contribution in [2.24, 2.45) is 0 Å². The normalized spacial score (nSPS) is 14.6. The molecule has 4 rings (SSSR count). The molecule has 0 N–H and O–H groups in total. The maximum Gasteiger partial charge on any atom is 0.254 e. The number of carbonyl (C=O) groups is 1. The summed E-state index contributed by atoms with van der Waals surface area (Å²) in [5.74, 6) is -1.76. The third-order valence-electron chi connectivity index (χ3n) is 5.10. The third-order valence-corrected chi connectivity index (χ3v) is 5.10. The number of carbonyl (C=O) groups excluding carboxylic acids is 1. The molecule has 1 aliphatic rings. The van der Waals surface area contributed by atoms with Gasteiger partial charge in [0.2, 0.25) is 0 Å². The Morgan fingerprint density at radius 2 is 1.64 bits per heavy atom. The van der Waals surface area contributed by atoms with Crippen molar-refractivity contribution in [2.75, 3.05) is 31.1 Å². The third kappa shape index (κ3) is 3.17. The van der Waals surface area contributed by atoms with Crippen LogP contribution in [0.4, 0.5) is 18.9 Å². The average molecular weight is 385 g/mol. The number of amides is 1. The van der Waals surface area contributed by atoms with E-state index in [4.69, 9.17) is 0 Å². The van der Waals surface area contributed by atoms with Gasteiger partial charge in [0.25, 0.3) is 5.91 Å². The predicted octanol–water partition coefficient (Wildman–Crippen LogP) is 3.92. The van der Waals surface area contributed by atoms with E-state index in [1.807, 2.05) is 4.90 Å². The lowest BCUT2D eigenvalue weighted by Gasteiger charge is -2.36. The van der Waals surface area contributed by atoms with E-state index < -0.39 is 17.5 Å². The molecule has 2 heterocycles. The smallest absolute Gasteiger partial charge is 0.254 e. The number of hydrogen-bond acceptors (Lipinski definition) is 3.